The molecule has 3 nitrogen and oxygen atoms in total. The van der Waals surface area contributed by atoms with Crippen LogP contribution in [0.4, 0.5) is 0 Å². The molecule has 2 heterocycles. The number of para-hydroxylation sites is 1. The van der Waals surface area contributed by atoms with Gasteiger partial charge in [-0.1, -0.05) is 30.3 Å². The number of halogens is 1. The van der Waals surface area contributed by atoms with Crippen LogP contribution in [0.5, 0.6) is 5.75 Å². The lowest BCUT2D eigenvalue weighted by Gasteiger charge is -2.17. The molecule has 0 spiro atoms. The van der Waals surface area contributed by atoms with Crippen molar-refractivity contribution >= 4 is 23.3 Å². The van der Waals surface area contributed by atoms with Gasteiger partial charge in [0.15, 0.2) is 0 Å². The Balaban J connectivity index is 0.00000144. The maximum atomic E-state index is 9.43. The zero-order chi connectivity index (χ0) is 14.2. The standard InChI is InChI=1S/C18H18N2O.ClH/c21-14-7-5-13(6-8-14)12-20-17-4-2-1-3-15(17)16-9-10-19-11-18(16)20;/h1-8,19,21H,9-12H2;1H. The largest absolute Gasteiger partial charge is 0.508 e. The van der Waals surface area contributed by atoms with Crippen LogP contribution in [-0.2, 0) is 19.5 Å². The number of aromatic hydroxyl groups is 1. The lowest BCUT2D eigenvalue weighted by Crippen LogP contribution is -2.25. The van der Waals surface area contributed by atoms with Gasteiger partial charge in [0.25, 0.3) is 0 Å². The number of rotatable bonds is 2. The van der Waals surface area contributed by atoms with Crippen molar-refractivity contribution in [2.75, 3.05) is 6.54 Å². The smallest absolute Gasteiger partial charge is 0.115 e. The molecule has 1 aliphatic rings. The molecule has 2 N–H and O–H groups in total. The molecule has 1 aliphatic heterocycles. The van der Waals surface area contributed by atoms with Crippen molar-refractivity contribution in [3.63, 3.8) is 0 Å². The summed E-state index contributed by atoms with van der Waals surface area (Å²) in [5.74, 6) is 0.319. The van der Waals surface area contributed by atoms with E-state index in [0.717, 1.165) is 26.1 Å². The zero-order valence-corrected chi connectivity index (χ0v) is 13.1. The third-order valence-electron chi connectivity index (χ3n) is 4.32. The van der Waals surface area contributed by atoms with Gasteiger partial charge in [-0.25, -0.2) is 0 Å². The van der Waals surface area contributed by atoms with Crippen molar-refractivity contribution < 1.29 is 5.11 Å². The van der Waals surface area contributed by atoms with Crippen LogP contribution in [-0.4, -0.2) is 16.2 Å². The lowest BCUT2D eigenvalue weighted by molar-refractivity contribution is 0.475. The molecular weight excluding hydrogens is 296 g/mol. The molecule has 4 heteroatoms. The zero-order valence-electron chi connectivity index (χ0n) is 12.2. The molecule has 0 atom stereocenters. The second-order valence-corrected chi connectivity index (χ2v) is 5.62. The molecule has 4 rings (SSSR count). The average Bonchev–Trinajstić information content (AvgIpc) is 2.85. The quantitative estimate of drug-likeness (QED) is 0.760. The Morgan fingerprint density at radius 2 is 1.82 bits per heavy atom. The van der Waals surface area contributed by atoms with Crippen LogP contribution in [0.1, 0.15) is 16.8 Å². The minimum atomic E-state index is 0. The maximum absolute atomic E-state index is 9.43. The van der Waals surface area contributed by atoms with E-state index in [1.807, 2.05) is 12.1 Å². The molecule has 2 aromatic carbocycles. The van der Waals surface area contributed by atoms with Crippen LogP contribution >= 0.6 is 12.4 Å². The van der Waals surface area contributed by atoms with Gasteiger partial charge in [-0.05, 0) is 42.3 Å². The third kappa shape index (κ3) is 2.47. The van der Waals surface area contributed by atoms with Gasteiger partial charge in [0.2, 0.25) is 0 Å². The highest BCUT2D eigenvalue weighted by atomic mass is 35.5. The number of nitrogens with zero attached hydrogens (tertiary/aromatic N) is 1. The van der Waals surface area contributed by atoms with Crippen molar-refractivity contribution in [2.24, 2.45) is 0 Å². The van der Waals surface area contributed by atoms with Gasteiger partial charge in [-0.15, -0.1) is 12.4 Å². The summed E-state index contributed by atoms with van der Waals surface area (Å²) in [6.07, 6.45) is 1.10. The van der Waals surface area contributed by atoms with Crippen molar-refractivity contribution in [2.45, 2.75) is 19.5 Å². The predicted octanol–water partition coefficient (Wildman–Crippen LogP) is 3.46. The molecule has 0 amide bonds. The summed E-state index contributed by atoms with van der Waals surface area (Å²) in [6, 6.07) is 16.2. The summed E-state index contributed by atoms with van der Waals surface area (Å²) in [5, 5.41) is 14.3. The molecule has 1 aromatic heterocycles. The molecule has 0 fully saturated rings. The Morgan fingerprint density at radius 3 is 2.64 bits per heavy atom. The summed E-state index contributed by atoms with van der Waals surface area (Å²) in [7, 11) is 0. The normalized spacial score (nSPS) is 13.6. The summed E-state index contributed by atoms with van der Waals surface area (Å²) >= 11 is 0. The molecule has 22 heavy (non-hydrogen) atoms. The SMILES string of the molecule is Cl.Oc1ccc(Cn2c3c(c4ccccc42)CCNC3)cc1. The second kappa shape index (κ2) is 6.03. The van der Waals surface area contributed by atoms with Crippen molar-refractivity contribution in [1.82, 2.24) is 9.88 Å². The number of hydrogen-bond donors (Lipinski definition) is 2. The van der Waals surface area contributed by atoms with E-state index in [0.29, 0.717) is 5.75 Å². The molecule has 3 aromatic rings. The van der Waals surface area contributed by atoms with E-state index in [9.17, 15) is 5.11 Å². The Kier molecular flexibility index (Phi) is 4.10. The van der Waals surface area contributed by atoms with Crippen LogP contribution in [0.2, 0.25) is 0 Å². The van der Waals surface area contributed by atoms with Crippen molar-refractivity contribution in [3.05, 3.63) is 65.4 Å². The molecule has 0 unspecified atom stereocenters. The van der Waals surface area contributed by atoms with E-state index in [2.05, 4.69) is 34.1 Å². The van der Waals surface area contributed by atoms with Gasteiger partial charge in [0.1, 0.15) is 5.75 Å². The van der Waals surface area contributed by atoms with Gasteiger partial charge >= 0.3 is 0 Å². The Labute approximate surface area is 136 Å². The molecule has 0 saturated heterocycles. The second-order valence-electron chi connectivity index (χ2n) is 5.62. The first kappa shape index (κ1) is 14.9. The Morgan fingerprint density at radius 1 is 1.05 bits per heavy atom. The average molecular weight is 315 g/mol. The third-order valence-corrected chi connectivity index (χ3v) is 4.32. The first-order chi connectivity index (χ1) is 10.3. The van der Waals surface area contributed by atoms with Gasteiger partial charge in [0, 0.05) is 29.7 Å². The summed E-state index contributed by atoms with van der Waals surface area (Å²) in [6.45, 7) is 2.83. The first-order valence-corrected chi connectivity index (χ1v) is 7.40. The van der Waals surface area contributed by atoms with Crippen LogP contribution < -0.4 is 5.32 Å². The maximum Gasteiger partial charge on any atom is 0.115 e. The van der Waals surface area contributed by atoms with E-state index in [1.165, 1.54) is 27.7 Å². The highest BCUT2D eigenvalue weighted by Gasteiger charge is 2.19. The lowest BCUT2D eigenvalue weighted by atomic mass is 10.0. The fourth-order valence-electron chi connectivity index (χ4n) is 3.29. The molecule has 0 bridgehead atoms. The molecule has 0 radical (unpaired) electrons. The number of nitrogens with one attached hydrogen (secondary N) is 1. The highest BCUT2D eigenvalue weighted by Crippen LogP contribution is 2.29. The number of phenols is 1. The summed E-state index contributed by atoms with van der Waals surface area (Å²) in [4.78, 5) is 0. The van der Waals surface area contributed by atoms with Gasteiger partial charge in [-0.3, -0.25) is 0 Å². The molecular formula is C18H19ClN2O. The first-order valence-electron chi connectivity index (χ1n) is 7.40. The summed E-state index contributed by atoms with van der Waals surface area (Å²) in [5.41, 5.74) is 5.40. The van der Waals surface area contributed by atoms with E-state index in [4.69, 9.17) is 0 Å². The minimum absolute atomic E-state index is 0. The molecule has 114 valence electrons. The van der Waals surface area contributed by atoms with Crippen molar-refractivity contribution in [1.29, 1.82) is 0 Å². The van der Waals surface area contributed by atoms with Crippen molar-refractivity contribution in [3.8, 4) is 5.75 Å². The van der Waals surface area contributed by atoms with Gasteiger partial charge in [-0.2, -0.15) is 0 Å². The monoisotopic (exact) mass is 314 g/mol. The van der Waals surface area contributed by atoms with Crippen LogP contribution in [0.15, 0.2) is 48.5 Å². The predicted molar refractivity (Wildman–Crippen MR) is 91.8 cm³/mol. The topological polar surface area (TPSA) is 37.2 Å². The van der Waals surface area contributed by atoms with Crippen LogP contribution in [0, 0.1) is 0 Å². The van der Waals surface area contributed by atoms with E-state index in [1.54, 1.807) is 12.1 Å². The van der Waals surface area contributed by atoms with Gasteiger partial charge < -0.3 is 15.0 Å². The molecule has 0 aliphatic carbocycles. The van der Waals surface area contributed by atoms with Crippen LogP contribution in [0.3, 0.4) is 0 Å². The number of fused-ring (bicyclic) bond motifs is 3. The highest BCUT2D eigenvalue weighted by molar-refractivity contribution is 5.86. The minimum Gasteiger partial charge on any atom is -0.508 e. The Bertz CT molecular complexity index is 793. The number of aromatic nitrogens is 1. The van der Waals surface area contributed by atoms with Crippen LogP contribution in [0.25, 0.3) is 10.9 Å². The fraction of sp³-hybridized carbons (Fsp3) is 0.222. The fourth-order valence-corrected chi connectivity index (χ4v) is 3.29. The van der Waals surface area contributed by atoms with E-state index < -0.39 is 0 Å². The Hall–Kier alpha value is -1.97. The summed E-state index contributed by atoms with van der Waals surface area (Å²) < 4.78 is 2.41. The van der Waals surface area contributed by atoms with E-state index >= 15 is 0 Å². The number of benzene rings is 2. The molecule has 0 saturated carbocycles. The number of phenolic OH excluding ortho intramolecular Hbond substituents is 1. The number of hydrogen-bond acceptors (Lipinski definition) is 2. The van der Waals surface area contributed by atoms with Gasteiger partial charge in [0.05, 0.1) is 0 Å². The van der Waals surface area contributed by atoms with E-state index in [-0.39, 0.29) is 12.4 Å².